The van der Waals surface area contributed by atoms with E-state index in [9.17, 15) is 39.6 Å². The number of aliphatic hydroxyl groups is 4. The summed E-state index contributed by atoms with van der Waals surface area (Å²) in [6.07, 6.45) is -9.59. The van der Waals surface area contributed by atoms with Gasteiger partial charge in [0.2, 0.25) is 6.29 Å². The third-order valence-corrected chi connectivity index (χ3v) is 7.96. The maximum atomic E-state index is 13.4. The molecule has 252 valence electrons. The van der Waals surface area contributed by atoms with Gasteiger partial charge in [-0.3, -0.25) is 9.59 Å². The third kappa shape index (κ3) is 7.16. The molecule has 0 bridgehead atoms. The highest BCUT2D eigenvalue weighted by molar-refractivity contribution is 5.90. The molecule has 1 aromatic carbocycles. The van der Waals surface area contributed by atoms with Gasteiger partial charge in [0.25, 0.3) is 0 Å². The van der Waals surface area contributed by atoms with E-state index in [0.717, 1.165) is 33.5 Å². The molecule has 1 aromatic rings. The van der Waals surface area contributed by atoms with Crippen LogP contribution in [0.1, 0.15) is 12.5 Å². The van der Waals surface area contributed by atoms with Crippen LogP contribution in [0.3, 0.4) is 0 Å². The van der Waals surface area contributed by atoms with Crippen molar-refractivity contribution in [1.29, 1.82) is 0 Å². The van der Waals surface area contributed by atoms with E-state index >= 15 is 0 Å². The number of benzene rings is 1. The Morgan fingerprint density at radius 2 is 1.59 bits per heavy atom. The van der Waals surface area contributed by atoms with Gasteiger partial charge in [-0.1, -0.05) is 12.1 Å². The summed E-state index contributed by atoms with van der Waals surface area (Å²) < 4.78 is 43.2. The van der Waals surface area contributed by atoms with E-state index in [1.165, 1.54) is 13.2 Å². The molecule has 1 saturated carbocycles. The molecule has 0 amide bonds. The molecule has 16 nitrogen and oxygen atoms in total. The van der Waals surface area contributed by atoms with E-state index < -0.39 is 97.4 Å². The van der Waals surface area contributed by atoms with Gasteiger partial charge in [0.05, 0.1) is 39.8 Å². The van der Waals surface area contributed by atoms with Crippen LogP contribution in [0.2, 0.25) is 0 Å². The lowest BCUT2D eigenvalue weighted by Gasteiger charge is -2.43. The monoisotopic (exact) mass is 652 g/mol. The first kappa shape index (κ1) is 34.8. The Balaban J connectivity index is 1.72. The molecule has 0 unspecified atom stereocenters. The second-order valence-electron chi connectivity index (χ2n) is 10.6. The van der Waals surface area contributed by atoms with E-state index in [1.807, 2.05) is 0 Å². The SMILES string of the molecule is COC(=O)C1=CO[C@@H](O[C@@H]2O[C@H](CO)[C@@H](O)[C@H](O)[C@H]2O)[C@H]2[C@@H]1[C@H](OC(C)=O)[C@H](OC(=O)/C=C\c1ccc(OC)cc1)[C@@H]2C(=O)OC. The zero-order valence-corrected chi connectivity index (χ0v) is 25.3. The van der Waals surface area contributed by atoms with Crippen LogP contribution in [0.25, 0.3) is 6.08 Å². The number of hydrogen-bond donors (Lipinski definition) is 4. The lowest BCUT2D eigenvalue weighted by molar-refractivity contribution is -0.342. The number of rotatable bonds is 10. The summed E-state index contributed by atoms with van der Waals surface area (Å²) in [6.45, 7) is 0.321. The average molecular weight is 653 g/mol. The zero-order valence-electron chi connectivity index (χ0n) is 25.3. The molecule has 16 heteroatoms. The third-order valence-electron chi connectivity index (χ3n) is 7.96. The number of hydrogen-bond acceptors (Lipinski definition) is 16. The second-order valence-corrected chi connectivity index (χ2v) is 10.6. The van der Waals surface area contributed by atoms with Crippen molar-refractivity contribution in [1.82, 2.24) is 0 Å². The Hall–Kier alpha value is -4.06. The van der Waals surface area contributed by atoms with Crippen LogP contribution >= 0.6 is 0 Å². The lowest BCUT2D eigenvalue weighted by Crippen LogP contribution is -2.60. The Kier molecular flexibility index (Phi) is 11.4. The van der Waals surface area contributed by atoms with E-state index in [4.69, 9.17) is 37.9 Å². The molecule has 3 aliphatic rings. The summed E-state index contributed by atoms with van der Waals surface area (Å²) in [5.41, 5.74) is 0.407. The fraction of sp³-hybridized carbons (Fsp3) is 0.533. The standard InChI is InChI=1S/C30H36O16/c1-13(32)43-25-19-16(27(37)40-3)12-42-29(46-30-24(36)23(35)22(34)17(11-31)44-30)20(19)21(28(38)41-4)26(25)45-18(33)10-7-14-5-8-15(39-2)9-6-14/h5-10,12,17,19-26,29-31,34-36H,11H2,1-4H3/b10-7-/t17-,19-,20+,21-,22-,23+,24-,25+,26-,29+,30+/m1/s1. The molecule has 2 aliphatic heterocycles. The largest absolute Gasteiger partial charge is 0.497 e. The van der Waals surface area contributed by atoms with Crippen LogP contribution in [0.4, 0.5) is 0 Å². The Morgan fingerprint density at radius 3 is 2.17 bits per heavy atom. The first-order chi connectivity index (χ1) is 21.9. The fourth-order valence-electron chi connectivity index (χ4n) is 5.79. The zero-order chi connectivity index (χ0) is 33.7. The minimum Gasteiger partial charge on any atom is -0.497 e. The van der Waals surface area contributed by atoms with Gasteiger partial charge < -0.3 is 58.3 Å². The first-order valence-electron chi connectivity index (χ1n) is 14.1. The molecular formula is C30H36O16. The molecule has 1 saturated heterocycles. The molecule has 1 aliphatic carbocycles. The van der Waals surface area contributed by atoms with Gasteiger partial charge in [-0.05, 0) is 23.8 Å². The van der Waals surface area contributed by atoms with Crippen molar-refractivity contribution in [3.05, 3.63) is 47.7 Å². The van der Waals surface area contributed by atoms with Gasteiger partial charge in [0.15, 0.2) is 12.4 Å². The maximum absolute atomic E-state index is 13.4. The number of carbonyl (C=O) groups is 4. The molecule has 0 spiro atoms. The van der Waals surface area contributed by atoms with Crippen LogP contribution in [-0.2, 0) is 52.3 Å². The van der Waals surface area contributed by atoms with Crippen molar-refractivity contribution in [3.63, 3.8) is 0 Å². The van der Waals surface area contributed by atoms with Crippen LogP contribution in [-0.4, -0.2) is 121 Å². The molecule has 46 heavy (non-hydrogen) atoms. The van der Waals surface area contributed by atoms with Gasteiger partial charge in [-0.2, -0.15) is 0 Å². The van der Waals surface area contributed by atoms with Crippen LogP contribution in [0.5, 0.6) is 5.75 Å². The van der Waals surface area contributed by atoms with Crippen molar-refractivity contribution in [2.24, 2.45) is 17.8 Å². The Labute approximate surface area is 263 Å². The van der Waals surface area contributed by atoms with Gasteiger partial charge in [-0.15, -0.1) is 0 Å². The summed E-state index contributed by atoms with van der Waals surface area (Å²) >= 11 is 0. The van der Waals surface area contributed by atoms with Crippen LogP contribution < -0.4 is 4.74 Å². The molecule has 2 fully saturated rings. The predicted octanol–water partition coefficient (Wildman–Crippen LogP) is -1.18. The van der Waals surface area contributed by atoms with Crippen molar-refractivity contribution < 1.29 is 77.5 Å². The van der Waals surface area contributed by atoms with Gasteiger partial charge in [0, 0.05) is 24.8 Å². The molecule has 2 heterocycles. The van der Waals surface area contributed by atoms with E-state index in [1.54, 1.807) is 24.3 Å². The Bertz CT molecular complexity index is 1320. The molecule has 0 radical (unpaired) electrons. The van der Waals surface area contributed by atoms with Crippen molar-refractivity contribution in [3.8, 4) is 5.75 Å². The van der Waals surface area contributed by atoms with Gasteiger partial charge in [-0.25, -0.2) is 9.59 Å². The fourth-order valence-corrected chi connectivity index (χ4v) is 5.79. The molecule has 0 aromatic heterocycles. The van der Waals surface area contributed by atoms with E-state index in [2.05, 4.69) is 0 Å². The normalized spacial score (nSPS) is 33.7. The number of esters is 4. The predicted molar refractivity (Wildman–Crippen MR) is 150 cm³/mol. The maximum Gasteiger partial charge on any atom is 0.337 e. The van der Waals surface area contributed by atoms with Crippen molar-refractivity contribution >= 4 is 30.0 Å². The van der Waals surface area contributed by atoms with Crippen LogP contribution in [0.15, 0.2) is 42.2 Å². The van der Waals surface area contributed by atoms with Crippen LogP contribution in [0, 0.1) is 17.8 Å². The number of carbonyl (C=O) groups excluding carboxylic acids is 4. The Morgan fingerprint density at radius 1 is 0.891 bits per heavy atom. The van der Waals surface area contributed by atoms with E-state index in [0.29, 0.717) is 11.3 Å². The number of ether oxygens (including phenoxy) is 8. The summed E-state index contributed by atoms with van der Waals surface area (Å²) in [5, 5.41) is 40.6. The summed E-state index contributed by atoms with van der Waals surface area (Å²) in [5.74, 6) is -7.14. The minimum atomic E-state index is -1.86. The number of aliphatic hydroxyl groups excluding tert-OH is 4. The van der Waals surface area contributed by atoms with Gasteiger partial charge in [0.1, 0.15) is 42.2 Å². The quantitative estimate of drug-likeness (QED) is 0.133. The lowest BCUT2D eigenvalue weighted by atomic mass is 9.82. The number of fused-ring (bicyclic) bond motifs is 1. The van der Waals surface area contributed by atoms with Crippen molar-refractivity contribution in [2.75, 3.05) is 27.9 Å². The molecular weight excluding hydrogens is 616 g/mol. The minimum absolute atomic E-state index is 0.200. The highest BCUT2D eigenvalue weighted by Crippen LogP contribution is 2.51. The van der Waals surface area contributed by atoms with Gasteiger partial charge >= 0.3 is 23.9 Å². The molecule has 4 rings (SSSR count). The summed E-state index contributed by atoms with van der Waals surface area (Å²) in [4.78, 5) is 51.7. The topological polar surface area (TPSA) is 223 Å². The molecule has 11 atom stereocenters. The van der Waals surface area contributed by atoms with Crippen molar-refractivity contribution in [2.45, 2.75) is 56.1 Å². The summed E-state index contributed by atoms with van der Waals surface area (Å²) in [6, 6.07) is 6.70. The highest BCUT2D eigenvalue weighted by Gasteiger charge is 2.65. The van der Waals surface area contributed by atoms with E-state index in [-0.39, 0.29) is 5.57 Å². The number of methoxy groups -OCH3 is 3. The first-order valence-corrected chi connectivity index (χ1v) is 14.1. The average Bonchev–Trinajstić information content (AvgIpc) is 3.36. The highest BCUT2D eigenvalue weighted by atomic mass is 16.8. The smallest absolute Gasteiger partial charge is 0.337 e. The second kappa shape index (κ2) is 15.0. The molecule has 4 N–H and O–H groups in total. The summed E-state index contributed by atoms with van der Waals surface area (Å²) in [7, 11) is 3.65.